The van der Waals surface area contributed by atoms with Crippen LogP contribution in [0.2, 0.25) is 0 Å². The molecule has 0 saturated heterocycles. The SMILES string of the molecule is COC(=O)c1ccc(C2C(c3ccc(OC)cc3)=C(O)C(=O)N2Cc2ccccc2OC)cc1. The van der Waals surface area contributed by atoms with Crippen LogP contribution in [-0.4, -0.2) is 43.2 Å². The van der Waals surface area contributed by atoms with Crippen molar-refractivity contribution in [2.75, 3.05) is 21.3 Å². The number of rotatable bonds is 7. The summed E-state index contributed by atoms with van der Waals surface area (Å²) in [6.07, 6.45) is 0. The Morgan fingerprint density at radius 2 is 1.59 bits per heavy atom. The van der Waals surface area contributed by atoms with E-state index in [-0.39, 0.29) is 12.3 Å². The fourth-order valence-electron chi connectivity index (χ4n) is 4.17. The van der Waals surface area contributed by atoms with Gasteiger partial charge in [-0.1, -0.05) is 42.5 Å². The Labute approximate surface area is 197 Å². The highest BCUT2D eigenvalue weighted by atomic mass is 16.5. The third-order valence-electron chi connectivity index (χ3n) is 5.89. The van der Waals surface area contributed by atoms with Gasteiger partial charge in [0.15, 0.2) is 5.76 Å². The standard InChI is InChI=1S/C27H25NO6/c1-32-21-14-12-17(13-15-21)23-24(18-8-10-19(11-9-18)27(31)34-3)28(26(30)25(23)29)16-20-6-4-5-7-22(20)33-2/h4-15,24,29H,16H2,1-3H3. The van der Waals surface area contributed by atoms with E-state index in [0.717, 1.165) is 11.1 Å². The van der Waals surface area contributed by atoms with Gasteiger partial charge < -0.3 is 24.2 Å². The fourth-order valence-corrected chi connectivity index (χ4v) is 4.17. The predicted octanol–water partition coefficient (Wildman–Crippen LogP) is 4.54. The number of methoxy groups -OCH3 is 3. The van der Waals surface area contributed by atoms with Crippen molar-refractivity contribution in [3.05, 3.63) is 101 Å². The van der Waals surface area contributed by atoms with Crippen LogP contribution in [0.3, 0.4) is 0 Å². The van der Waals surface area contributed by atoms with E-state index in [2.05, 4.69) is 0 Å². The Hall–Kier alpha value is -4.26. The average Bonchev–Trinajstić information content (AvgIpc) is 3.13. The molecule has 174 valence electrons. The predicted molar refractivity (Wildman–Crippen MR) is 127 cm³/mol. The zero-order chi connectivity index (χ0) is 24.2. The lowest BCUT2D eigenvalue weighted by molar-refractivity contribution is -0.130. The topological polar surface area (TPSA) is 85.3 Å². The maximum absolute atomic E-state index is 13.3. The number of hydrogen-bond acceptors (Lipinski definition) is 6. The Balaban J connectivity index is 1.80. The molecule has 4 rings (SSSR count). The largest absolute Gasteiger partial charge is 0.503 e. The molecule has 1 amide bonds. The number of aliphatic hydroxyl groups excluding tert-OH is 1. The Morgan fingerprint density at radius 3 is 2.21 bits per heavy atom. The number of carbonyl (C=O) groups excluding carboxylic acids is 2. The number of ether oxygens (including phenoxy) is 3. The number of amides is 1. The molecule has 0 fully saturated rings. The van der Waals surface area contributed by atoms with Gasteiger partial charge in [0.05, 0.1) is 39.5 Å². The van der Waals surface area contributed by atoms with Crippen molar-refractivity contribution < 1.29 is 28.9 Å². The summed E-state index contributed by atoms with van der Waals surface area (Å²) in [5.74, 6) is 0.0556. The molecule has 0 spiro atoms. The van der Waals surface area contributed by atoms with E-state index >= 15 is 0 Å². The zero-order valence-electron chi connectivity index (χ0n) is 19.1. The van der Waals surface area contributed by atoms with E-state index in [0.29, 0.717) is 28.2 Å². The number of esters is 1. The van der Waals surface area contributed by atoms with E-state index in [1.54, 1.807) is 67.7 Å². The summed E-state index contributed by atoms with van der Waals surface area (Å²) in [5, 5.41) is 11.0. The van der Waals surface area contributed by atoms with Crippen molar-refractivity contribution in [3.63, 3.8) is 0 Å². The molecule has 1 aliphatic heterocycles. The molecular formula is C27H25NO6. The summed E-state index contributed by atoms with van der Waals surface area (Å²) < 4.78 is 15.5. The molecular weight excluding hydrogens is 434 g/mol. The third-order valence-corrected chi connectivity index (χ3v) is 5.89. The summed E-state index contributed by atoms with van der Waals surface area (Å²) in [6, 6.07) is 20.8. The van der Waals surface area contributed by atoms with Gasteiger partial charge in [0.25, 0.3) is 5.91 Å². The molecule has 1 heterocycles. The van der Waals surface area contributed by atoms with Gasteiger partial charge in [-0.15, -0.1) is 0 Å². The summed E-state index contributed by atoms with van der Waals surface area (Å²) >= 11 is 0. The number of aliphatic hydroxyl groups is 1. The molecule has 7 nitrogen and oxygen atoms in total. The van der Waals surface area contributed by atoms with Gasteiger partial charge in [0, 0.05) is 11.1 Å². The van der Waals surface area contributed by atoms with Crippen LogP contribution in [0, 0.1) is 0 Å². The molecule has 1 N–H and O–H groups in total. The Morgan fingerprint density at radius 1 is 0.912 bits per heavy atom. The molecule has 3 aromatic carbocycles. The molecule has 1 aliphatic rings. The van der Waals surface area contributed by atoms with E-state index < -0.39 is 17.9 Å². The Kier molecular flexibility index (Phi) is 6.54. The molecule has 1 atom stereocenters. The average molecular weight is 459 g/mol. The van der Waals surface area contributed by atoms with Gasteiger partial charge in [0.2, 0.25) is 0 Å². The minimum absolute atomic E-state index is 0.218. The summed E-state index contributed by atoms with van der Waals surface area (Å²) in [4.78, 5) is 26.8. The quantitative estimate of drug-likeness (QED) is 0.522. The number of nitrogens with zero attached hydrogens (tertiary/aromatic N) is 1. The fraction of sp³-hybridized carbons (Fsp3) is 0.185. The van der Waals surface area contributed by atoms with Crippen molar-refractivity contribution >= 4 is 17.4 Å². The summed E-state index contributed by atoms with van der Waals surface area (Å²) in [6.45, 7) is 0.218. The lowest BCUT2D eigenvalue weighted by Crippen LogP contribution is -2.30. The molecule has 34 heavy (non-hydrogen) atoms. The van der Waals surface area contributed by atoms with Gasteiger partial charge in [-0.05, 0) is 41.5 Å². The molecule has 0 radical (unpaired) electrons. The molecule has 0 aliphatic carbocycles. The van der Waals surface area contributed by atoms with Gasteiger partial charge in [-0.2, -0.15) is 0 Å². The van der Waals surface area contributed by atoms with E-state index in [1.165, 1.54) is 7.11 Å². The maximum Gasteiger partial charge on any atom is 0.337 e. The first-order valence-electron chi connectivity index (χ1n) is 10.7. The third kappa shape index (κ3) is 4.20. The van der Waals surface area contributed by atoms with Gasteiger partial charge in [-0.3, -0.25) is 4.79 Å². The first kappa shape index (κ1) is 22.9. The zero-order valence-corrected chi connectivity index (χ0v) is 19.1. The van der Waals surface area contributed by atoms with Crippen molar-refractivity contribution in [1.82, 2.24) is 4.90 Å². The second-order valence-electron chi connectivity index (χ2n) is 7.75. The second kappa shape index (κ2) is 9.70. The lowest BCUT2D eigenvalue weighted by Gasteiger charge is -2.28. The van der Waals surface area contributed by atoms with Gasteiger partial charge in [0.1, 0.15) is 11.5 Å². The van der Waals surface area contributed by atoms with Gasteiger partial charge in [-0.25, -0.2) is 4.79 Å². The molecule has 0 aromatic heterocycles. The maximum atomic E-state index is 13.3. The summed E-state index contributed by atoms with van der Waals surface area (Å²) in [5.41, 5.74) is 3.11. The van der Waals surface area contributed by atoms with Gasteiger partial charge >= 0.3 is 5.97 Å². The van der Waals surface area contributed by atoms with Crippen LogP contribution in [0.5, 0.6) is 11.5 Å². The number of hydrogen-bond donors (Lipinski definition) is 1. The molecule has 0 bridgehead atoms. The summed E-state index contributed by atoms with van der Waals surface area (Å²) in [7, 11) is 4.47. The van der Waals surface area contributed by atoms with E-state index in [4.69, 9.17) is 14.2 Å². The first-order valence-corrected chi connectivity index (χ1v) is 10.7. The van der Waals surface area contributed by atoms with E-state index in [1.807, 2.05) is 24.3 Å². The number of benzene rings is 3. The number of carbonyl (C=O) groups is 2. The van der Waals surface area contributed by atoms with Crippen LogP contribution < -0.4 is 9.47 Å². The molecule has 0 saturated carbocycles. The van der Waals surface area contributed by atoms with Crippen LogP contribution in [-0.2, 0) is 16.1 Å². The van der Waals surface area contributed by atoms with Crippen molar-refractivity contribution in [1.29, 1.82) is 0 Å². The van der Waals surface area contributed by atoms with E-state index in [9.17, 15) is 14.7 Å². The first-order chi connectivity index (χ1) is 16.5. The smallest absolute Gasteiger partial charge is 0.337 e. The monoisotopic (exact) mass is 459 g/mol. The van der Waals surface area contributed by atoms with Crippen molar-refractivity contribution in [2.24, 2.45) is 0 Å². The van der Waals surface area contributed by atoms with Crippen LogP contribution >= 0.6 is 0 Å². The highest BCUT2D eigenvalue weighted by molar-refractivity contribution is 6.05. The highest BCUT2D eigenvalue weighted by Gasteiger charge is 2.41. The molecule has 7 heteroatoms. The lowest BCUT2D eigenvalue weighted by atomic mass is 9.92. The van der Waals surface area contributed by atoms with Crippen molar-refractivity contribution in [2.45, 2.75) is 12.6 Å². The molecule has 3 aromatic rings. The minimum Gasteiger partial charge on any atom is -0.503 e. The van der Waals surface area contributed by atoms with Crippen LogP contribution in [0.1, 0.15) is 33.1 Å². The van der Waals surface area contributed by atoms with Crippen LogP contribution in [0.4, 0.5) is 0 Å². The van der Waals surface area contributed by atoms with Crippen LogP contribution in [0.15, 0.2) is 78.6 Å². The van der Waals surface area contributed by atoms with Crippen molar-refractivity contribution in [3.8, 4) is 11.5 Å². The van der Waals surface area contributed by atoms with Crippen LogP contribution in [0.25, 0.3) is 5.57 Å². The second-order valence-corrected chi connectivity index (χ2v) is 7.75. The number of para-hydroxylation sites is 1. The minimum atomic E-state index is -0.586. The molecule has 1 unspecified atom stereocenters. The Bertz CT molecular complexity index is 1230. The normalized spacial score (nSPS) is 15.4. The highest BCUT2D eigenvalue weighted by Crippen LogP contribution is 2.44.